The summed E-state index contributed by atoms with van der Waals surface area (Å²) in [5.41, 5.74) is 0.0497. The molecule has 1 amide bonds. The van der Waals surface area contributed by atoms with Gasteiger partial charge in [-0.1, -0.05) is 35.9 Å². The molecule has 1 aliphatic heterocycles. The van der Waals surface area contributed by atoms with Gasteiger partial charge < -0.3 is 10.1 Å². The molecule has 12 heteroatoms. The highest BCUT2D eigenvalue weighted by molar-refractivity contribution is 7.92. The zero-order chi connectivity index (χ0) is 26.8. The van der Waals surface area contributed by atoms with Crippen LogP contribution in [0, 0.1) is 0 Å². The number of esters is 1. The van der Waals surface area contributed by atoms with Crippen LogP contribution in [0.2, 0.25) is 5.02 Å². The number of hydrogen-bond acceptors (Lipinski definition) is 5. The quantitative estimate of drug-likeness (QED) is 0.419. The fourth-order valence-corrected chi connectivity index (χ4v) is 5.61. The summed E-state index contributed by atoms with van der Waals surface area (Å²) in [6, 6.07) is 14.8. The summed E-state index contributed by atoms with van der Waals surface area (Å²) in [7, 11) is -3.98. The molecular weight excluding hydrogens is 533 g/mol. The molecule has 194 valence electrons. The number of hydrogen-bond donors (Lipinski definition) is 1. The van der Waals surface area contributed by atoms with E-state index in [1.807, 2.05) is 12.1 Å². The van der Waals surface area contributed by atoms with Gasteiger partial charge in [0.1, 0.15) is 0 Å². The smallest absolute Gasteiger partial charge is 0.416 e. The minimum Gasteiger partial charge on any atom is -0.452 e. The van der Waals surface area contributed by atoms with Crippen molar-refractivity contribution in [3.8, 4) is 0 Å². The fraction of sp³-hybridized carbons (Fsp3) is 0.200. The van der Waals surface area contributed by atoms with Gasteiger partial charge in [-0.05, 0) is 60.9 Å². The number of nitrogens with one attached hydrogen (secondary N) is 1. The molecule has 0 aromatic heterocycles. The van der Waals surface area contributed by atoms with Crippen LogP contribution in [0.4, 0.5) is 24.5 Å². The Kier molecular flexibility index (Phi) is 7.47. The molecule has 0 saturated heterocycles. The third-order valence-corrected chi connectivity index (χ3v) is 7.77. The first-order valence-electron chi connectivity index (χ1n) is 11.0. The highest BCUT2D eigenvalue weighted by Gasteiger charge is 2.31. The lowest BCUT2D eigenvalue weighted by Gasteiger charge is -2.30. The molecule has 4 rings (SSSR count). The van der Waals surface area contributed by atoms with E-state index in [1.54, 1.807) is 12.1 Å². The molecule has 0 aliphatic carbocycles. The average Bonchev–Trinajstić information content (AvgIpc) is 2.87. The van der Waals surface area contributed by atoms with Gasteiger partial charge in [0.05, 0.1) is 32.4 Å². The fourth-order valence-electron chi connectivity index (χ4n) is 3.86. The van der Waals surface area contributed by atoms with E-state index in [2.05, 4.69) is 5.32 Å². The van der Waals surface area contributed by atoms with Gasteiger partial charge >= 0.3 is 12.1 Å². The lowest BCUT2D eigenvalue weighted by molar-refractivity contribution is -0.137. The summed E-state index contributed by atoms with van der Waals surface area (Å²) in [4.78, 5) is 24.6. The third-order valence-electron chi connectivity index (χ3n) is 5.63. The largest absolute Gasteiger partial charge is 0.452 e. The summed E-state index contributed by atoms with van der Waals surface area (Å²) in [5, 5.41) is 2.03. The van der Waals surface area contributed by atoms with Gasteiger partial charge in [-0.3, -0.25) is 9.10 Å². The second-order valence-corrected chi connectivity index (χ2v) is 10.4. The van der Waals surface area contributed by atoms with Crippen molar-refractivity contribution in [2.45, 2.75) is 23.9 Å². The normalized spacial score (nSPS) is 13.6. The SMILES string of the molecule is O=C(COC(=O)c1cccc(S(=O)(=O)N2CCCc3ccccc32)c1)Nc1cc(C(F)(F)F)ccc1Cl. The van der Waals surface area contributed by atoms with E-state index in [4.69, 9.17) is 16.3 Å². The number of halogens is 4. The van der Waals surface area contributed by atoms with Crippen LogP contribution in [0.25, 0.3) is 0 Å². The number of amides is 1. The minimum absolute atomic E-state index is 0.115. The summed E-state index contributed by atoms with van der Waals surface area (Å²) in [6.07, 6.45) is -3.25. The first-order chi connectivity index (χ1) is 17.5. The van der Waals surface area contributed by atoms with Crippen molar-refractivity contribution < 1.29 is 35.9 Å². The van der Waals surface area contributed by atoms with E-state index in [0.29, 0.717) is 18.2 Å². The Morgan fingerprint density at radius 1 is 1.03 bits per heavy atom. The number of benzene rings is 3. The van der Waals surface area contributed by atoms with Gasteiger partial charge in [0.2, 0.25) is 0 Å². The second-order valence-electron chi connectivity index (χ2n) is 8.15. The molecular formula is C25H20ClF3N2O5S. The summed E-state index contributed by atoms with van der Waals surface area (Å²) in [6.45, 7) is -0.547. The lowest BCUT2D eigenvalue weighted by Crippen LogP contribution is -2.35. The molecule has 0 spiro atoms. The van der Waals surface area contributed by atoms with E-state index in [9.17, 15) is 31.2 Å². The maximum absolute atomic E-state index is 13.3. The van der Waals surface area contributed by atoms with Crippen molar-refractivity contribution >= 4 is 44.9 Å². The number of alkyl halides is 3. The average molecular weight is 553 g/mol. The Morgan fingerprint density at radius 3 is 2.54 bits per heavy atom. The molecule has 3 aromatic rings. The lowest BCUT2D eigenvalue weighted by atomic mass is 10.0. The van der Waals surface area contributed by atoms with E-state index in [-0.39, 0.29) is 27.7 Å². The zero-order valence-electron chi connectivity index (χ0n) is 19.1. The van der Waals surface area contributed by atoms with E-state index >= 15 is 0 Å². The predicted molar refractivity (Wildman–Crippen MR) is 131 cm³/mol. The molecule has 7 nitrogen and oxygen atoms in total. The Morgan fingerprint density at radius 2 is 1.78 bits per heavy atom. The molecule has 0 bridgehead atoms. The molecule has 1 N–H and O–H groups in total. The number of aryl methyl sites for hydroxylation is 1. The summed E-state index contributed by atoms with van der Waals surface area (Å²) in [5.74, 6) is -1.91. The van der Waals surface area contributed by atoms with Crippen molar-refractivity contribution in [2.75, 3.05) is 22.8 Å². The summed E-state index contributed by atoms with van der Waals surface area (Å²) < 4.78 is 71.7. The molecule has 0 atom stereocenters. The van der Waals surface area contributed by atoms with Crippen LogP contribution >= 0.6 is 11.6 Å². The summed E-state index contributed by atoms with van der Waals surface area (Å²) >= 11 is 5.85. The number of sulfonamides is 1. The Labute approximate surface area is 215 Å². The number of fused-ring (bicyclic) bond motifs is 1. The second kappa shape index (κ2) is 10.4. The topological polar surface area (TPSA) is 92.8 Å². The van der Waals surface area contributed by atoms with Crippen LogP contribution < -0.4 is 9.62 Å². The highest BCUT2D eigenvalue weighted by atomic mass is 35.5. The number of para-hydroxylation sites is 1. The van der Waals surface area contributed by atoms with Gasteiger partial charge in [-0.15, -0.1) is 0 Å². The molecule has 0 unspecified atom stereocenters. The van der Waals surface area contributed by atoms with Crippen LogP contribution in [-0.4, -0.2) is 33.4 Å². The number of carbonyl (C=O) groups is 2. The molecule has 0 saturated carbocycles. The Balaban J connectivity index is 1.45. The van der Waals surface area contributed by atoms with Crippen LogP contribution in [0.3, 0.4) is 0 Å². The van der Waals surface area contributed by atoms with E-state index in [0.717, 1.165) is 30.2 Å². The van der Waals surface area contributed by atoms with Crippen LogP contribution in [0.1, 0.15) is 27.9 Å². The Hall–Kier alpha value is -3.57. The molecule has 1 heterocycles. The van der Waals surface area contributed by atoms with Gasteiger partial charge in [-0.25, -0.2) is 13.2 Å². The van der Waals surface area contributed by atoms with Gasteiger partial charge in [0.15, 0.2) is 6.61 Å². The van der Waals surface area contributed by atoms with E-state index < -0.39 is 40.2 Å². The monoisotopic (exact) mass is 552 g/mol. The van der Waals surface area contributed by atoms with Gasteiger partial charge in [0.25, 0.3) is 15.9 Å². The number of anilines is 2. The molecule has 37 heavy (non-hydrogen) atoms. The first kappa shape index (κ1) is 26.5. The number of ether oxygens (including phenoxy) is 1. The molecule has 0 fully saturated rings. The molecule has 1 aliphatic rings. The van der Waals surface area contributed by atoms with Crippen molar-refractivity contribution in [3.63, 3.8) is 0 Å². The first-order valence-corrected chi connectivity index (χ1v) is 12.8. The number of nitrogens with zero attached hydrogens (tertiary/aromatic N) is 1. The number of carbonyl (C=O) groups excluding carboxylic acids is 2. The van der Waals surface area contributed by atoms with Crippen molar-refractivity contribution in [3.05, 3.63) is 88.4 Å². The van der Waals surface area contributed by atoms with Crippen molar-refractivity contribution in [1.82, 2.24) is 0 Å². The standard InChI is InChI=1S/C25H20ClF3N2O5S/c26-20-11-10-18(25(27,28)29)14-21(20)30-23(32)15-36-24(33)17-6-3-8-19(13-17)37(34,35)31-12-4-7-16-5-1-2-9-22(16)31/h1-3,5-6,8-11,13-14H,4,7,12,15H2,(H,30,32). The maximum atomic E-state index is 13.3. The van der Waals surface area contributed by atoms with Crippen molar-refractivity contribution in [1.29, 1.82) is 0 Å². The predicted octanol–water partition coefficient (Wildman–Crippen LogP) is 5.30. The minimum atomic E-state index is -4.64. The van der Waals surface area contributed by atoms with Gasteiger partial charge in [-0.2, -0.15) is 13.2 Å². The van der Waals surface area contributed by atoms with Gasteiger partial charge in [0, 0.05) is 6.54 Å². The third kappa shape index (κ3) is 5.89. The zero-order valence-corrected chi connectivity index (χ0v) is 20.7. The molecule has 0 radical (unpaired) electrons. The van der Waals surface area contributed by atoms with E-state index in [1.165, 1.54) is 22.5 Å². The van der Waals surface area contributed by atoms with Crippen LogP contribution in [0.15, 0.2) is 71.6 Å². The van der Waals surface area contributed by atoms with Crippen LogP contribution in [-0.2, 0) is 32.2 Å². The highest BCUT2D eigenvalue weighted by Crippen LogP contribution is 2.34. The molecule has 3 aromatic carbocycles. The Bertz CT molecular complexity index is 1460. The van der Waals surface area contributed by atoms with Crippen molar-refractivity contribution in [2.24, 2.45) is 0 Å². The number of rotatable bonds is 6. The van der Waals surface area contributed by atoms with Crippen LogP contribution in [0.5, 0.6) is 0 Å². The maximum Gasteiger partial charge on any atom is 0.416 e.